The molecule has 0 heterocycles. The van der Waals surface area contributed by atoms with Crippen LogP contribution in [0.5, 0.6) is 0 Å². The van der Waals surface area contributed by atoms with E-state index in [2.05, 4.69) is 10.0 Å². The van der Waals surface area contributed by atoms with Crippen LogP contribution in [0.15, 0.2) is 0 Å². The Morgan fingerprint density at radius 3 is 2.00 bits per heavy atom. The van der Waals surface area contributed by atoms with E-state index in [1.54, 1.807) is 13.8 Å². The van der Waals surface area contributed by atoms with E-state index in [-0.39, 0.29) is 5.25 Å². The Morgan fingerprint density at radius 2 is 1.62 bits per heavy atom. The summed E-state index contributed by atoms with van der Waals surface area (Å²) in [7, 11) is -3.09. The Hall–Kier alpha value is -0.130. The van der Waals surface area contributed by atoms with Crippen molar-refractivity contribution in [3.05, 3.63) is 0 Å². The maximum Gasteiger partial charge on any atom is 0.213 e. The fraction of sp³-hybridized carbons (Fsp3) is 1.00. The molecule has 2 N–H and O–H groups in total. The van der Waals surface area contributed by atoms with Crippen LogP contribution in [0.1, 0.15) is 27.7 Å². The molecular weight excluding hydrogens is 188 g/mol. The molecule has 0 saturated carbocycles. The van der Waals surface area contributed by atoms with Crippen LogP contribution in [0.2, 0.25) is 0 Å². The average molecular weight is 208 g/mol. The second kappa shape index (κ2) is 5.57. The Kier molecular flexibility index (Phi) is 5.51. The van der Waals surface area contributed by atoms with Gasteiger partial charge in [-0.1, -0.05) is 13.8 Å². The molecule has 0 aromatic heterocycles. The third-order valence-corrected chi connectivity index (χ3v) is 3.45. The average Bonchev–Trinajstić information content (AvgIpc) is 1.97. The highest BCUT2D eigenvalue weighted by molar-refractivity contribution is 7.90. The summed E-state index contributed by atoms with van der Waals surface area (Å²) in [5.74, 6) is 0. The zero-order valence-electron chi connectivity index (χ0n) is 8.79. The number of nitrogens with one attached hydrogen (secondary N) is 2. The number of hydrogen-bond donors (Lipinski definition) is 2. The van der Waals surface area contributed by atoms with E-state index in [4.69, 9.17) is 0 Å². The van der Waals surface area contributed by atoms with Gasteiger partial charge in [-0.3, -0.25) is 0 Å². The topological polar surface area (TPSA) is 58.2 Å². The number of rotatable bonds is 6. The molecule has 0 aromatic rings. The van der Waals surface area contributed by atoms with Crippen LogP contribution >= 0.6 is 0 Å². The van der Waals surface area contributed by atoms with Crippen LogP contribution in [0.3, 0.4) is 0 Å². The lowest BCUT2D eigenvalue weighted by Crippen LogP contribution is -2.37. The lowest BCUT2D eigenvalue weighted by molar-refractivity contribution is 0.554. The third kappa shape index (κ3) is 6.01. The van der Waals surface area contributed by atoms with Crippen molar-refractivity contribution >= 4 is 10.0 Å². The maximum absolute atomic E-state index is 11.2. The summed E-state index contributed by atoms with van der Waals surface area (Å²) in [6, 6.07) is 0.392. The molecule has 0 aromatic carbocycles. The van der Waals surface area contributed by atoms with Crippen molar-refractivity contribution in [1.29, 1.82) is 0 Å². The van der Waals surface area contributed by atoms with Gasteiger partial charge in [-0.15, -0.1) is 0 Å². The highest BCUT2D eigenvalue weighted by Gasteiger charge is 2.13. The highest BCUT2D eigenvalue weighted by atomic mass is 32.2. The molecule has 80 valence electrons. The minimum Gasteiger partial charge on any atom is -0.313 e. The molecule has 0 fully saturated rings. The molecule has 0 rings (SSSR count). The van der Waals surface area contributed by atoms with Crippen LogP contribution in [0.4, 0.5) is 0 Å². The van der Waals surface area contributed by atoms with Gasteiger partial charge < -0.3 is 5.32 Å². The molecule has 0 atom stereocenters. The smallest absolute Gasteiger partial charge is 0.213 e. The van der Waals surface area contributed by atoms with E-state index in [0.29, 0.717) is 19.1 Å². The van der Waals surface area contributed by atoms with Crippen LogP contribution < -0.4 is 10.0 Å². The van der Waals surface area contributed by atoms with Crippen molar-refractivity contribution in [3.63, 3.8) is 0 Å². The third-order valence-electron chi connectivity index (χ3n) is 1.60. The predicted molar refractivity (Wildman–Crippen MR) is 55.2 cm³/mol. The number of sulfonamides is 1. The molecule has 0 radical (unpaired) electrons. The Balaban J connectivity index is 3.66. The quantitative estimate of drug-likeness (QED) is 0.618. The van der Waals surface area contributed by atoms with Crippen molar-refractivity contribution in [2.75, 3.05) is 13.1 Å². The van der Waals surface area contributed by atoms with E-state index < -0.39 is 10.0 Å². The van der Waals surface area contributed by atoms with Crippen molar-refractivity contribution in [2.24, 2.45) is 0 Å². The first-order chi connectivity index (χ1) is 5.86. The monoisotopic (exact) mass is 208 g/mol. The molecule has 0 saturated heterocycles. The van der Waals surface area contributed by atoms with Crippen molar-refractivity contribution in [1.82, 2.24) is 10.0 Å². The highest BCUT2D eigenvalue weighted by Crippen LogP contribution is 1.94. The second-order valence-electron chi connectivity index (χ2n) is 3.60. The molecule has 0 aliphatic rings. The molecule has 5 heteroatoms. The van der Waals surface area contributed by atoms with Gasteiger partial charge in [-0.25, -0.2) is 13.1 Å². The predicted octanol–water partition coefficient (Wildman–Crippen LogP) is 0.312. The van der Waals surface area contributed by atoms with Gasteiger partial charge in [0.2, 0.25) is 10.0 Å². The van der Waals surface area contributed by atoms with Crippen LogP contribution in [-0.2, 0) is 10.0 Å². The van der Waals surface area contributed by atoms with Gasteiger partial charge >= 0.3 is 0 Å². The molecule has 0 aliphatic heterocycles. The van der Waals surface area contributed by atoms with Crippen molar-refractivity contribution in [2.45, 2.75) is 39.0 Å². The zero-order chi connectivity index (χ0) is 10.5. The fourth-order valence-corrected chi connectivity index (χ4v) is 1.44. The molecule has 0 amide bonds. The van der Waals surface area contributed by atoms with Crippen molar-refractivity contribution < 1.29 is 8.42 Å². The largest absolute Gasteiger partial charge is 0.313 e. The van der Waals surface area contributed by atoms with Gasteiger partial charge in [0.15, 0.2) is 0 Å². The van der Waals surface area contributed by atoms with E-state index >= 15 is 0 Å². The summed E-state index contributed by atoms with van der Waals surface area (Å²) < 4.78 is 25.0. The van der Waals surface area contributed by atoms with E-state index in [1.165, 1.54) is 0 Å². The van der Waals surface area contributed by atoms with Gasteiger partial charge in [-0.05, 0) is 13.8 Å². The summed E-state index contributed by atoms with van der Waals surface area (Å²) in [5.41, 5.74) is 0. The number of hydrogen-bond acceptors (Lipinski definition) is 3. The fourth-order valence-electron chi connectivity index (χ4n) is 0.721. The molecule has 0 aliphatic carbocycles. The first-order valence-electron chi connectivity index (χ1n) is 4.58. The summed E-state index contributed by atoms with van der Waals surface area (Å²) >= 11 is 0. The standard InChI is InChI=1S/C8H20N2O2S/c1-7(2)9-5-6-10-13(11,12)8(3)4/h7-10H,5-6H2,1-4H3. The molecule has 13 heavy (non-hydrogen) atoms. The Labute approximate surface area is 81.2 Å². The van der Waals surface area contributed by atoms with E-state index in [0.717, 1.165) is 0 Å². The van der Waals surface area contributed by atoms with Crippen LogP contribution in [0, 0.1) is 0 Å². The second-order valence-corrected chi connectivity index (χ2v) is 5.92. The van der Waals surface area contributed by atoms with Crippen LogP contribution in [0.25, 0.3) is 0 Å². The minimum atomic E-state index is -3.09. The lowest BCUT2D eigenvalue weighted by atomic mass is 10.4. The molecular formula is C8H20N2O2S. The molecule has 4 nitrogen and oxygen atoms in total. The molecule has 0 unspecified atom stereocenters. The van der Waals surface area contributed by atoms with Gasteiger partial charge in [0, 0.05) is 19.1 Å². The first-order valence-corrected chi connectivity index (χ1v) is 6.12. The van der Waals surface area contributed by atoms with Gasteiger partial charge in [-0.2, -0.15) is 0 Å². The summed E-state index contributed by atoms with van der Waals surface area (Å²) in [6.07, 6.45) is 0. The summed E-state index contributed by atoms with van der Waals surface area (Å²) in [5, 5.41) is 2.77. The summed E-state index contributed by atoms with van der Waals surface area (Å²) in [4.78, 5) is 0. The van der Waals surface area contributed by atoms with Gasteiger partial charge in [0.25, 0.3) is 0 Å². The lowest BCUT2D eigenvalue weighted by Gasteiger charge is -2.11. The zero-order valence-corrected chi connectivity index (χ0v) is 9.61. The van der Waals surface area contributed by atoms with Gasteiger partial charge in [0.1, 0.15) is 0 Å². The molecule has 0 spiro atoms. The van der Waals surface area contributed by atoms with Crippen molar-refractivity contribution in [3.8, 4) is 0 Å². The SMILES string of the molecule is CC(C)NCCNS(=O)(=O)C(C)C. The maximum atomic E-state index is 11.2. The normalized spacial score (nSPS) is 12.8. The summed E-state index contributed by atoms with van der Waals surface area (Å²) in [6.45, 7) is 8.51. The van der Waals surface area contributed by atoms with Gasteiger partial charge in [0.05, 0.1) is 5.25 Å². The minimum absolute atomic E-state index is 0.355. The molecule has 0 bridgehead atoms. The Morgan fingerprint density at radius 1 is 1.08 bits per heavy atom. The first kappa shape index (κ1) is 12.9. The van der Waals surface area contributed by atoms with E-state index in [9.17, 15) is 8.42 Å². The Bertz CT molecular complexity index is 222. The van der Waals surface area contributed by atoms with E-state index in [1.807, 2.05) is 13.8 Å². The van der Waals surface area contributed by atoms with Crippen LogP contribution in [-0.4, -0.2) is 32.8 Å².